The van der Waals surface area contributed by atoms with Gasteiger partial charge in [0.05, 0.1) is 6.61 Å². The number of nitrogens with one attached hydrogen (secondary N) is 1. The number of morpholine rings is 1. The minimum atomic E-state index is -0.257. The van der Waals surface area contributed by atoms with Crippen LogP contribution in [-0.2, 0) is 4.74 Å². The maximum absolute atomic E-state index is 9.92. The molecule has 1 aliphatic heterocycles. The highest BCUT2D eigenvalue weighted by Crippen LogP contribution is 2.32. The van der Waals surface area contributed by atoms with E-state index in [9.17, 15) is 5.11 Å². The van der Waals surface area contributed by atoms with Gasteiger partial charge in [0.15, 0.2) is 17.6 Å². The fourth-order valence-electron chi connectivity index (χ4n) is 2.48. The monoisotopic (exact) mass is 285 g/mol. The van der Waals surface area contributed by atoms with Crippen molar-refractivity contribution < 1.29 is 14.6 Å². The Hall–Kier alpha value is -2.04. The largest absolute Gasteiger partial charge is 0.504 e. The number of rotatable bonds is 4. The summed E-state index contributed by atoms with van der Waals surface area (Å²) in [5.74, 6) is 0.614. The molecule has 0 saturated carbocycles. The van der Waals surface area contributed by atoms with Crippen molar-refractivity contribution >= 4 is 0 Å². The lowest BCUT2D eigenvalue weighted by Gasteiger charge is -2.31. The van der Waals surface area contributed by atoms with Crippen molar-refractivity contribution in [1.29, 1.82) is 0 Å². The first kappa shape index (κ1) is 13.9. The van der Waals surface area contributed by atoms with E-state index in [2.05, 4.69) is 5.32 Å². The van der Waals surface area contributed by atoms with E-state index in [4.69, 9.17) is 9.47 Å². The maximum Gasteiger partial charge on any atom is 0.162 e. The van der Waals surface area contributed by atoms with Crippen molar-refractivity contribution in [1.82, 2.24) is 5.32 Å². The molecule has 21 heavy (non-hydrogen) atoms. The molecule has 0 spiro atoms. The van der Waals surface area contributed by atoms with Crippen LogP contribution in [0.1, 0.15) is 11.7 Å². The summed E-state index contributed by atoms with van der Waals surface area (Å²) < 4.78 is 11.9. The number of ether oxygens (including phenoxy) is 2. The topological polar surface area (TPSA) is 50.7 Å². The van der Waals surface area contributed by atoms with Crippen LogP contribution in [0.4, 0.5) is 0 Å². The van der Waals surface area contributed by atoms with Gasteiger partial charge < -0.3 is 19.9 Å². The molecular weight excluding hydrogens is 266 g/mol. The standard InChI is InChI=1S/C17H19NO3/c19-14-8-4-5-9-15(14)21-17(13-6-2-1-3-7-13)16-12-18-10-11-20-16/h1-9,16-19H,10-12H2/t16-,17+/m1/s1. The molecule has 0 unspecified atom stereocenters. The molecule has 2 N–H and O–H groups in total. The summed E-state index contributed by atoms with van der Waals surface area (Å²) in [5.41, 5.74) is 1.04. The first-order valence-electron chi connectivity index (χ1n) is 7.16. The zero-order valence-corrected chi connectivity index (χ0v) is 11.7. The summed E-state index contributed by atoms with van der Waals surface area (Å²) in [6.07, 6.45) is -0.340. The third kappa shape index (κ3) is 3.35. The predicted molar refractivity (Wildman–Crippen MR) is 80.5 cm³/mol. The summed E-state index contributed by atoms with van der Waals surface area (Å²) in [5, 5.41) is 13.2. The molecule has 1 fully saturated rings. The fraction of sp³-hybridized carbons (Fsp3) is 0.294. The molecule has 4 heteroatoms. The van der Waals surface area contributed by atoms with Crippen LogP contribution < -0.4 is 10.1 Å². The van der Waals surface area contributed by atoms with Crippen molar-refractivity contribution in [2.24, 2.45) is 0 Å². The van der Waals surface area contributed by atoms with Crippen molar-refractivity contribution in [2.75, 3.05) is 19.7 Å². The Kier molecular flexibility index (Phi) is 4.38. The van der Waals surface area contributed by atoms with Crippen molar-refractivity contribution in [3.8, 4) is 11.5 Å². The Labute approximate surface area is 124 Å². The highest BCUT2D eigenvalue weighted by molar-refractivity contribution is 5.38. The highest BCUT2D eigenvalue weighted by Gasteiger charge is 2.28. The van der Waals surface area contributed by atoms with Crippen molar-refractivity contribution in [3.63, 3.8) is 0 Å². The van der Waals surface area contributed by atoms with Crippen molar-refractivity contribution in [3.05, 3.63) is 60.2 Å². The number of hydrogen-bond donors (Lipinski definition) is 2. The van der Waals surface area contributed by atoms with Crippen LogP contribution in [0.2, 0.25) is 0 Å². The normalized spacial score (nSPS) is 19.9. The minimum absolute atomic E-state index is 0.0826. The second-order valence-corrected chi connectivity index (χ2v) is 5.03. The molecular formula is C17H19NO3. The zero-order valence-electron chi connectivity index (χ0n) is 11.7. The molecule has 1 saturated heterocycles. The molecule has 0 bridgehead atoms. The van der Waals surface area contributed by atoms with Gasteiger partial charge in [0.25, 0.3) is 0 Å². The van der Waals surface area contributed by atoms with Gasteiger partial charge >= 0.3 is 0 Å². The van der Waals surface area contributed by atoms with E-state index in [0.29, 0.717) is 12.4 Å². The molecule has 1 heterocycles. The van der Waals surface area contributed by atoms with Crippen molar-refractivity contribution in [2.45, 2.75) is 12.2 Å². The first-order valence-corrected chi connectivity index (χ1v) is 7.16. The van der Waals surface area contributed by atoms with E-state index in [-0.39, 0.29) is 18.0 Å². The number of phenolic OH excluding ortho intramolecular Hbond substituents is 1. The van der Waals surface area contributed by atoms with E-state index in [1.165, 1.54) is 0 Å². The maximum atomic E-state index is 9.92. The van der Waals surface area contributed by atoms with Gasteiger partial charge in [0, 0.05) is 13.1 Å². The number of hydrogen-bond acceptors (Lipinski definition) is 4. The third-order valence-electron chi connectivity index (χ3n) is 3.54. The van der Waals surface area contributed by atoms with Gasteiger partial charge in [-0.05, 0) is 17.7 Å². The number of phenols is 1. The van der Waals surface area contributed by atoms with Gasteiger partial charge in [-0.15, -0.1) is 0 Å². The molecule has 110 valence electrons. The summed E-state index contributed by atoms with van der Waals surface area (Å²) in [4.78, 5) is 0. The second-order valence-electron chi connectivity index (χ2n) is 5.03. The lowest BCUT2D eigenvalue weighted by molar-refractivity contribution is -0.0438. The molecule has 2 aromatic rings. The number of aromatic hydroxyl groups is 1. The van der Waals surface area contributed by atoms with Gasteiger partial charge in [0.1, 0.15) is 6.10 Å². The quantitative estimate of drug-likeness (QED) is 0.906. The third-order valence-corrected chi connectivity index (χ3v) is 3.54. The van der Waals surface area contributed by atoms with Crippen LogP contribution in [0.15, 0.2) is 54.6 Å². The number of para-hydroxylation sites is 2. The fourth-order valence-corrected chi connectivity index (χ4v) is 2.48. The highest BCUT2D eigenvalue weighted by atomic mass is 16.5. The van der Waals surface area contributed by atoms with Gasteiger partial charge in [0.2, 0.25) is 0 Å². The average Bonchev–Trinajstić information content (AvgIpc) is 2.56. The molecule has 0 amide bonds. The Balaban J connectivity index is 1.87. The molecule has 0 aliphatic carbocycles. The van der Waals surface area contributed by atoms with Crippen LogP contribution >= 0.6 is 0 Å². The molecule has 2 aromatic carbocycles. The molecule has 2 atom stereocenters. The van der Waals surface area contributed by atoms with E-state index in [1.54, 1.807) is 18.2 Å². The smallest absolute Gasteiger partial charge is 0.162 e. The van der Waals surface area contributed by atoms with Gasteiger partial charge in [-0.3, -0.25) is 0 Å². The summed E-state index contributed by atoms with van der Waals surface area (Å²) in [6, 6.07) is 17.0. The van der Waals surface area contributed by atoms with E-state index in [0.717, 1.165) is 18.7 Å². The molecule has 0 aromatic heterocycles. The Morgan fingerprint density at radius 2 is 1.86 bits per heavy atom. The van der Waals surface area contributed by atoms with E-state index in [1.807, 2.05) is 36.4 Å². The van der Waals surface area contributed by atoms with Crippen LogP contribution in [0.3, 0.4) is 0 Å². The lowest BCUT2D eigenvalue weighted by Crippen LogP contribution is -2.43. The van der Waals surface area contributed by atoms with E-state index >= 15 is 0 Å². The summed E-state index contributed by atoms with van der Waals surface area (Å²) >= 11 is 0. The van der Waals surface area contributed by atoms with Crippen LogP contribution in [-0.4, -0.2) is 30.9 Å². The Morgan fingerprint density at radius 3 is 2.57 bits per heavy atom. The van der Waals surface area contributed by atoms with Gasteiger partial charge in [-0.25, -0.2) is 0 Å². The number of benzene rings is 2. The summed E-state index contributed by atoms with van der Waals surface area (Å²) in [7, 11) is 0. The van der Waals surface area contributed by atoms with Gasteiger partial charge in [-0.2, -0.15) is 0 Å². The Bertz CT molecular complexity index is 567. The van der Waals surface area contributed by atoms with Crippen LogP contribution in [0.25, 0.3) is 0 Å². The minimum Gasteiger partial charge on any atom is -0.504 e. The summed E-state index contributed by atoms with van der Waals surface area (Å²) in [6.45, 7) is 2.25. The van der Waals surface area contributed by atoms with Crippen LogP contribution in [0, 0.1) is 0 Å². The zero-order chi connectivity index (χ0) is 14.5. The Morgan fingerprint density at radius 1 is 1.10 bits per heavy atom. The average molecular weight is 285 g/mol. The molecule has 4 nitrogen and oxygen atoms in total. The second kappa shape index (κ2) is 6.61. The van der Waals surface area contributed by atoms with Crippen LogP contribution in [0.5, 0.6) is 11.5 Å². The molecule has 0 radical (unpaired) electrons. The molecule has 1 aliphatic rings. The van der Waals surface area contributed by atoms with E-state index < -0.39 is 0 Å². The van der Waals surface area contributed by atoms with Gasteiger partial charge in [-0.1, -0.05) is 42.5 Å². The lowest BCUT2D eigenvalue weighted by atomic mass is 10.0. The predicted octanol–water partition coefficient (Wildman–Crippen LogP) is 2.50. The first-order chi connectivity index (χ1) is 10.3. The molecule has 3 rings (SSSR count). The SMILES string of the molecule is Oc1ccccc1O[C@@H](c1ccccc1)[C@H]1CNCCO1.